The maximum Gasteiger partial charge on any atom is 0.358 e. The van der Waals surface area contributed by atoms with Gasteiger partial charge in [0.1, 0.15) is 6.73 Å². The van der Waals surface area contributed by atoms with Gasteiger partial charge in [-0.2, -0.15) is 9.30 Å². The first kappa shape index (κ1) is 36.0. The van der Waals surface area contributed by atoms with Crippen molar-refractivity contribution in [3.05, 3.63) is 81.6 Å². The molecule has 264 valence electrons. The number of aryl methyl sites for hydroxylation is 1. The van der Waals surface area contributed by atoms with E-state index in [1.807, 2.05) is 32.2 Å². The van der Waals surface area contributed by atoms with Crippen LogP contribution in [0.1, 0.15) is 33.8 Å². The van der Waals surface area contributed by atoms with E-state index in [0.717, 1.165) is 26.6 Å². The first-order valence-corrected chi connectivity index (χ1v) is 23.2. The van der Waals surface area contributed by atoms with Gasteiger partial charge in [-0.25, -0.2) is 18.2 Å². The van der Waals surface area contributed by atoms with E-state index in [2.05, 4.69) is 51.5 Å². The van der Waals surface area contributed by atoms with Crippen molar-refractivity contribution in [2.45, 2.75) is 57.1 Å². The Morgan fingerprint density at radius 2 is 1.78 bits per heavy atom. The van der Waals surface area contributed by atoms with E-state index in [4.69, 9.17) is 14.5 Å². The molecule has 16 heteroatoms. The summed E-state index contributed by atoms with van der Waals surface area (Å²) < 4.78 is 42.3. The van der Waals surface area contributed by atoms with E-state index in [1.165, 1.54) is 15.6 Å². The summed E-state index contributed by atoms with van der Waals surface area (Å²) in [4.78, 5) is 26.0. The Hall–Kier alpha value is -3.80. The first-order valence-electron chi connectivity index (χ1n) is 16.4. The van der Waals surface area contributed by atoms with E-state index in [-0.39, 0.29) is 36.2 Å². The molecule has 0 radical (unpaired) electrons. The molecule has 0 unspecified atom stereocenters. The van der Waals surface area contributed by atoms with Gasteiger partial charge in [0.25, 0.3) is 0 Å². The largest absolute Gasteiger partial charge is 0.461 e. The number of rotatable bonds is 13. The normalized spacial score (nSPS) is 14.6. The van der Waals surface area contributed by atoms with Crippen molar-refractivity contribution >= 4 is 73.7 Å². The number of esters is 1. The number of hydrogen-bond donors (Lipinski definition) is 0. The number of nitrogens with zero attached hydrogens (tertiary/aromatic N) is 7. The molecule has 12 nitrogen and oxygen atoms in total. The minimum absolute atomic E-state index is 0.193. The molecule has 1 fully saturated rings. The van der Waals surface area contributed by atoms with E-state index in [9.17, 15) is 13.2 Å². The van der Waals surface area contributed by atoms with Crippen LogP contribution in [0.4, 0.5) is 16.8 Å². The standard InChI is InChI=1S/C34H41N7O5S3Si/c1-7-46-32(42)29-30(24-20-40(21-24)49(43,44)25-13-9-8-10-14-25)48-33(35-29)39(3)28-19-23(2)31(38-37-28)36-34-41(22-45-17-18-50(4,5)6)26-15-11-12-16-27(26)47-34/h8-16,19,24H,7,17-18,20-22H2,1-6H3. The van der Waals surface area contributed by atoms with Crippen molar-refractivity contribution in [2.75, 3.05) is 38.3 Å². The molecular weight excluding hydrogens is 711 g/mol. The first-order chi connectivity index (χ1) is 23.9. The Kier molecular flexibility index (Phi) is 10.7. The third-order valence-corrected chi connectivity index (χ3v) is 14.2. The third-order valence-electron chi connectivity index (χ3n) is 8.29. The van der Waals surface area contributed by atoms with Gasteiger partial charge in [0.05, 0.1) is 21.7 Å². The number of sulfonamides is 1. The van der Waals surface area contributed by atoms with E-state index < -0.39 is 24.1 Å². The molecule has 1 saturated heterocycles. The van der Waals surface area contributed by atoms with Gasteiger partial charge in [-0.1, -0.05) is 61.3 Å². The summed E-state index contributed by atoms with van der Waals surface area (Å²) in [6, 6.07) is 19.5. The molecule has 0 saturated carbocycles. The summed E-state index contributed by atoms with van der Waals surface area (Å²) in [6.07, 6.45) is 0. The zero-order valence-corrected chi connectivity index (χ0v) is 32.4. The Morgan fingerprint density at radius 1 is 1.06 bits per heavy atom. The Morgan fingerprint density at radius 3 is 2.48 bits per heavy atom. The summed E-state index contributed by atoms with van der Waals surface area (Å²) in [5.74, 6) is 0.276. The summed E-state index contributed by atoms with van der Waals surface area (Å²) in [7, 11) is -3.05. The fourth-order valence-electron chi connectivity index (χ4n) is 5.32. The average Bonchev–Trinajstić information content (AvgIpc) is 3.65. The Labute approximate surface area is 301 Å². The number of anilines is 2. The van der Waals surface area contributed by atoms with Gasteiger partial charge in [-0.15, -0.1) is 21.5 Å². The van der Waals surface area contributed by atoms with Crippen molar-refractivity contribution in [1.82, 2.24) is 24.1 Å². The lowest BCUT2D eigenvalue weighted by Gasteiger charge is -2.37. The number of aromatic nitrogens is 4. The van der Waals surface area contributed by atoms with Crippen molar-refractivity contribution in [3.63, 3.8) is 0 Å². The quantitative estimate of drug-likeness (QED) is 0.0748. The van der Waals surface area contributed by atoms with Crippen LogP contribution < -0.4 is 9.70 Å². The summed E-state index contributed by atoms with van der Waals surface area (Å²) >= 11 is 2.90. The Balaban J connectivity index is 1.24. The second-order valence-electron chi connectivity index (χ2n) is 13.3. The summed E-state index contributed by atoms with van der Waals surface area (Å²) in [6.45, 7) is 12.5. The van der Waals surface area contributed by atoms with E-state index >= 15 is 0 Å². The van der Waals surface area contributed by atoms with Gasteiger partial charge in [0, 0.05) is 45.6 Å². The van der Waals surface area contributed by atoms with Crippen LogP contribution in [0.15, 0.2) is 70.6 Å². The maximum absolute atomic E-state index is 13.1. The predicted molar refractivity (Wildman–Crippen MR) is 200 cm³/mol. The van der Waals surface area contributed by atoms with Crippen molar-refractivity contribution in [1.29, 1.82) is 0 Å². The van der Waals surface area contributed by atoms with Gasteiger partial charge < -0.3 is 14.4 Å². The van der Waals surface area contributed by atoms with Crippen LogP contribution in [0.2, 0.25) is 25.7 Å². The van der Waals surface area contributed by atoms with Crippen LogP contribution in [-0.2, 0) is 26.2 Å². The van der Waals surface area contributed by atoms with E-state index in [0.29, 0.717) is 35.0 Å². The van der Waals surface area contributed by atoms with Crippen LogP contribution in [0.5, 0.6) is 0 Å². The van der Waals surface area contributed by atoms with Gasteiger partial charge >= 0.3 is 5.97 Å². The third kappa shape index (κ3) is 7.74. The molecule has 3 aromatic heterocycles. The molecule has 5 aromatic rings. The highest BCUT2D eigenvalue weighted by Crippen LogP contribution is 2.40. The average molecular weight is 752 g/mol. The lowest BCUT2D eigenvalue weighted by atomic mass is 10.00. The van der Waals surface area contributed by atoms with Crippen LogP contribution in [-0.4, -0.2) is 79.9 Å². The second-order valence-corrected chi connectivity index (χ2v) is 22.8. The minimum Gasteiger partial charge on any atom is -0.461 e. The molecule has 2 aromatic carbocycles. The zero-order valence-electron chi connectivity index (χ0n) is 29.0. The molecule has 0 bridgehead atoms. The molecule has 0 amide bonds. The van der Waals surface area contributed by atoms with Crippen LogP contribution in [0, 0.1) is 6.92 Å². The smallest absolute Gasteiger partial charge is 0.358 e. The number of carbonyl (C=O) groups excluding carboxylic acids is 1. The van der Waals surface area contributed by atoms with E-state index in [1.54, 1.807) is 53.5 Å². The van der Waals surface area contributed by atoms with Gasteiger partial charge in [0.2, 0.25) is 10.0 Å². The van der Waals surface area contributed by atoms with Crippen LogP contribution in [0.3, 0.4) is 0 Å². The molecule has 6 rings (SSSR count). The van der Waals surface area contributed by atoms with Gasteiger partial charge in [-0.3, -0.25) is 4.57 Å². The fraction of sp³-hybridized carbons (Fsp3) is 0.382. The molecule has 0 atom stereocenters. The van der Waals surface area contributed by atoms with Crippen LogP contribution >= 0.6 is 22.7 Å². The number of para-hydroxylation sites is 1. The highest BCUT2D eigenvalue weighted by Gasteiger charge is 2.41. The monoisotopic (exact) mass is 751 g/mol. The molecular formula is C34H41N7O5S3Si. The summed E-state index contributed by atoms with van der Waals surface area (Å²) in [5, 5.41) is 9.50. The SMILES string of the molecule is CCOC(=O)c1nc(N(C)c2cc(C)c(N=c3sc4ccccc4n3COCC[Si](C)(C)C)nn2)sc1C1CN(S(=O)(=O)c2ccccc2)C1. The molecule has 50 heavy (non-hydrogen) atoms. The minimum atomic E-state index is -3.64. The van der Waals surface area contributed by atoms with Gasteiger partial charge in [-0.05, 0) is 55.8 Å². The topological polar surface area (TPSA) is 132 Å². The highest BCUT2D eigenvalue weighted by atomic mass is 32.2. The molecule has 0 aliphatic carbocycles. The number of thiazole rings is 2. The van der Waals surface area contributed by atoms with Gasteiger partial charge in [0.15, 0.2) is 27.3 Å². The molecule has 4 heterocycles. The number of benzene rings is 2. The lowest BCUT2D eigenvalue weighted by molar-refractivity contribution is 0.0517. The predicted octanol–water partition coefficient (Wildman–Crippen LogP) is 6.54. The van der Waals surface area contributed by atoms with Crippen molar-refractivity contribution < 1.29 is 22.7 Å². The number of ether oxygens (including phenoxy) is 2. The highest BCUT2D eigenvalue weighted by molar-refractivity contribution is 7.89. The van der Waals surface area contributed by atoms with Crippen LogP contribution in [0.25, 0.3) is 10.2 Å². The molecule has 0 N–H and O–H groups in total. The maximum atomic E-state index is 13.1. The number of fused-ring (bicyclic) bond motifs is 1. The summed E-state index contributed by atoms with van der Waals surface area (Å²) in [5.41, 5.74) is 2.06. The lowest BCUT2D eigenvalue weighted by Crippen LogP contribution is -2.48. The Bertz CT molecular complexity index is 2170. The number of hydrogen-bond acceptors (Lipinski definition) is 12. The molecule has 0 spiro atoms. The molecule has 1 aliphatic rings. The van der Waals surface area contributed by atoms with Crippen molar-refractivity contribution in [3.8, 4) is 0 Å². The fourth-order valence-corrected chi connectivity index (χ4v) is 9.75. The molecule has 1 aliphatic heterocycles. The second kappa shape index (κ2) is 14.8. The zero-order chi connectivity index (χ0) is 35.6. The number of carbonyl (C=O) groups is 1. The van der Waals surface area contributed by atoms with Crippen molar-refractivity contribution in [2.24, 2.45) is 4.99 Å².